The predicted octanol–water partition coefficient (Wildman–Crippen LogP) is -0.367. The van der Waals surface area contributed by atoms with Gasteiger partial charge in [0, 0.05) is 5.92 Å². The SMILES string of the molecule is O=C1CN2CCC1CC2.[NaH]. The van der Waals surface area contributed by atoms with Gasteiger partial charge in [0.15, 0.2) is 0 Å². The monoisotopic (exact) mass is 149 g/mol. The van der Waals surface area contributed by atoms with Crippen LogP contribution in [0.1, 0.15) is 12.8 Å². The fourth-order valence-corrected chi connectivity index (χ4v) is 1.76. The Morgan fingerprint density at radius 1 is 1.30 bits per heavy atom. The van der Waals surface area contributed by atoms with Crippen molar-refractivity contribution in [3.63, 3.8) is 0 Å². The first kappa shape index (κ1) is 8.72. The molecule has 0 aromatic rings. The van der Waals surface area contributed by atoms with Crippen LogP contribution < -0.4 is 0 Å². The molecule has 0 atom stereocenters. The fourth-order valence-electron chi connectivity index (χ4n) is 1.76. The van der Waals surface area contributed by atoms with Crippen LogP contribution >= 0.6 is 0 Å². The Kier molecular flexibility index (Phi) is 2.92. The molecular formula is C7H12NNaO. The number of hydrogen-bond donors (Lipinski definition) is 0. The first-order valence-corrected chi connectivity index (χ1v) is 3.61. The molecule has 0 unspecified atom stereocenters. The number of ketones is 1. The van der Waals surface area contributed by atoms with Gasteiger partial charge < -0.3 is 0 Å². The van der Waals surface area contributed by atoms with Crippen LogP contribution in [0.4, 0.5) is 0 Å². The first-order chi connectivity index (χ1) is 4.36. The summed E-state index contributed by atoms with van der Waals surface area (Å²) < 4.78 is 0. The molecule has 3 aliphatic rings. The second kappa shape index (κ2) is 3.35. The van der Waals surface area contributed by atoms with E-state index in [2.05, 4.69) is 4.90 Å². The van der Waals surface area contributed by atoms with E-state index in [0.29, 0.717) is 11.7 Å². The third-order valence-electron chi connectivity index (χ3n) is 2.42. The Hall–Kier alpha value is 0.630. The van der Waals surface area contributed by atoms with E-state index in [0.717, 1.165) is 32.5 Å². The van der Waals surface area contributed by atoms with Gasteiger partial charge in [-0.05, 0) is 25.9 Å². The molecule has 52 valence electrons. The van der Waals surface area contributed by atoms with Crippen molar-refractivity contribution in [3.05, 3.63) is 0 Å². The molecule has 3 saturated heterocycles. The maximum absolute atomic E-state index is 11.0. The van der Waals surface area contributed by atoms with Crippen LogP contribution in [0.2, 0.25) is 0 Å². The summed E-state index contributed by atoms with van der Waals surface area (Å²) in [4.78, 5) is 13.3. The zero-order valence-corrected chi connectivity index (χ0v) is 5.47. The number of rotatable bonds is 0. The van der Waals surface area contributed by atoms with Crippen LogP contribution in [0.3, 0.4) is 0 Å². The standard InChI is InChI=1S/C7H11NO.Na.H/c9-7-5-8-3-1-6(7)2-4-8;;/h6H,1-5H2;;. The Labute approximate surface area is 83.3 Å². The Bertz CT molecular complexity index is 141. The van der Waals surface area contributed by atoms with Crippen molar-refractivity contribution in [2.75, 3.05) is 19.6 Å². The number of carbonyl (C=O) groups excluding carboxylic acids is 1. The van der Waals surface area contributed by atoms with Crippen LogP contribution in [0.5, 0.6) is 0 Å². The van der Waals surface area contributed by atoms with Crippen LogP contribution in [0, 0.1) is 5.92 Å². The molecular weight excluding hydrogens is 137 g/mol. The maximum atomic E-state index is 11.0. The summed E-state index contributed by atoms with van der Waals surface area (Å²) in [5.41, 5.74) is 0. The molecule has 3 heteroatoms. The van der Waals surface area contributed by atoms with E-state index in [4.69, 9.17) is 0 Å². The van der Waals surface area contributed by atoms with Gasteiger partial charge in [-0.3, -0.25) is 9.69 Å². The number of Topliss-reactive ketones (excluding diaryl/α,β-unsaturated/α-hetero) is 1. The average Bonchev–Trinajstić information content (AvgIpc) is 1.90. The van der Waals surface area contributed by atoms with Crippen molar-refractivity contribution in [1.82, 2.24) is 4.90 Å². The number of carbonyl (C=O) groups is 1. The summed E-state index contributed by atoms with van der Waals surface area (Å²) in [5.74, 6) is 0.919. The second-order valence-corrected chi connectivity index (χ2v) is 3.02. The van der Waals surface area contributed by atoms with Crippen molar-refractivity contribution < 1.29 is 4.79 Å². The first-order valence-electron chi connectivity index (χ1n) is 3.61. The Balaban J connectivity index is 0.000000500. The van der Waals surface area contributed by atoms with E-state index in [9.17, 15) is 4.79 Å². The molecule has 2 bridgehead atoms. The van der Waals surface area contributed by atoms with Gasteiger partial charge in [0.1, 0.15) is 5.78 Å². The normalized spacial score (nSPS) is 37.4. The summed E-state index contributed by atoms with van der Waals surface area (Å²) in [6.07, 6.45) is 2.25. The van der Waals surface area contributed by atoms with E-state index >= 15 is 0 Å². The van der Waals surface area contributed by atoms with Crippen LogP contribution in [0.15, 0.2) is 0 Å². The van der Waals surface area contributed by atoms with Crippen molar-refractivity contribution >= 4 is 35.3 Å². The number of piperidine rings is 3. The summed E-state index contributed by atoms with van der Waals surface area (Å²) in [7, 11) is 0. The van der Waals surface area contributed by atoms with Crippen molar-refractivity contribution in [1.29, 1.82) is 0 Å². The topological polar surface area (TPSA) is 20.3 Å². The van der Waals surface area contributed by atoms with Gasteiger partial charge in [-0.2, -0.15) is 0 Å². The molecule has 3 heterocycles. The van der Waals surface area contributed by atoms with Gasteiger partial charge in [-0.25, -0.2) is 0 Å². The van der Waals surface area contributed by atoms with E-state index in [1.807, 2.05) is 0 Å². The minimum absolute atomic E-state index is 0. The number of nitrogens with zero attached hydrogens (tertiary/aromatic N) is 1. The molecule has 0 saturated carbocycles. The molecule has 0 spiro atoms. The van der Waals surface area contributed by atoms with Gasteiger partial charge in [0.05, 0.1) is 6.54 Å². The van der Waals surface area contributed by atoms with E-state index in [-0.39, 0.29) is 29.6 Å². The molecule has 0 aromatic carbocycles. The van der Waals surface area contributed by atoms with Crippen molar-refractivity contribution in [3.8, 4) is 0 Å². The number of hydrogen-bond acceptors (Lipinski definition) is 2. The third-order valence-corrected chi connectivity index (χ3v) is 2.42. The van der Waals surface area contributed by atoms with Gasteiger partial charge in [0.25, 0.3) is 0 Å². The van der Waals surface area contributed by atoms with E-state index in [1.165, 1.54) is 0 Å². The van der Waals surface area contributed by atoms with Crippen LogP contribution in [-0.4, -0.2) is 59.9 Å². The van der Waals surface area contributed by atoms with Gasteiger partial charge in [-0.15, -0.1) is 0 Å². The molecule has 0 aliphatic carbocycles. The molecule has 0 N–H and O–H groups in total. The van der Waals surface area contributed by atoms with Crippen LogP contribution in [0.25, 0.3) is 0 Å². The molecule has 0 amide bonds. The molecule has 3 rings (SSSR count). The van der Waals surface area contributed by atoms with Gasteiger partial charge in [-0.1, -0.05) is 0 Å². The molecule has 10 heavy (non-hydrogen) atoms. The van der Waals surface area contributed by atoms with Crippen molar-refractivity contribution in [2.45, 2.75) is 12.8 Å². The predicted molar refractivity (Wildman–Crippen MR) is 41.3 cm³/mol. The molecule has 0 radical (unpaired) electrons. The third kappa shape index (κ3) is 1.45. The summed E-state index contributed by atoms with van der Waals surface area (Å²) in [5, 5.41) is 0. The molecule has 0 aromatic heterocycles. The minimum atomic E-state index is 0. The quantitative estimate of drug-likeness (QED) is 0.438. The second-order valence-electron chi connectivity index (χ2n) is 3.02. The molecule has 3 aliphatic heterocycles. The van der Waals surface area contributed by atoms with Crippen molar-refractivity contribution in [2.24, 2.45) is 5.92 Å². The van der Waals surface area contributed by atoms with Crippen LogP contribution in [-0.2, 0) is 4.79 Å². The van der Waals surface area contributed by atoms with Gasteiger partial charge >= 0.3 is 29.6 Å². The Morgan fingerprint density at radius 2 is 1.90 bits per heavy atom. The molecule has 3 fully saturated rings. The molecule has 2 nitrogen and oxygen atoms in total. The zero-order chi connectivity index (χ0) is 6.27. The zero-order valence-electron chi connectivity index (χ0n) is 5.47. The Morgan fingerprint density at radius 3 is 2.10 bits per heavy atom. The van der Waals surface area contributed by atoms with E-state index < -0.39 is 0 Å². The average molecular weight is 149 g/mol. The summed E-state index contributed by atoms with van der Waals surface area (Å²) in [6, 6.07) is 0. The summed E-state index contributed by atoms with van der Waals surface area (Å²) in [6.45, 7) is 3.07. The fraction of sp³-hybridized carbons (Fsp3) is 0.857. The number of fused-ring (bicyclic) bond motifs is 3. The van der Waals surface area contributed by atoms with Gasteiger partial charge in [0.2, 0.25) is 0 Å². The van der Waals surface area contributed by atoms with E-state index in [1.54, 1.807) is 0 Å². The summed E-state index contributed by atoms with van der Waals surface area (Å²) >= 11 is 0.